The van der Waals surface area contributed by atoms with Gasteiger partial charge in [-0.3, -0.25) is 15.6 Å². The number of aromatic nitrogens is 2. The van der Waals surface area contributed by atoms with Crippen LogP contribution in [0.4, 0.5) is 10.6 Å². The standard InChI is InChI=1S/C11H20N6O/c1-3-4-5-6-8-9(15-7-14-8)17(2)10(12)16-11(13)18/h7H,3-6H2,1-2H3,(H,14,15)(H4,12,13,16,18). The smallest absolute Gasteiger partial charge is 0.318 e. The van der Waals surface area contributed by atoms with Gasteiger partial charge >= 0.3 is 6.03 Å². The molecule has 1 heterocycles. The lowest BCUT2D eigenvalue weighted by Crippen LogP contribution is -2.44. The van der Waals surface area contributed by atoms with Gasteiger partial charge in [0.15, 0.2) is 5.82 Å². The van der Waals surface area contributed by atoms with E-state index in [0.29, 0.717) is 5.82 Å². The number of nitrogens with zero attached hydrogens (tertiary/aromatic N) is 2. The number of aryl methyl sites for hydroxylation is 1. The third-order valence-electron chi connectivity index (χ3n) is 2.62. The van der Waals surface area contributed by atoms with Crippen LogP contribution < -0.4 is 16.0 Å². The summed E-state index contributed by atoms with van der Waals surface area (Å²) in [5.41, 5.74) is 5.94. The number of unbranched alkanes of at least 4 members (excludes halogenated alkanes) is 2. The van der Waals surface area contributed by atoms with Crippen LogP contribution in [0, 0.1) is 5.41 Å². The van der Waals surface area contributed by atoms with Gasteiger partial charge in [0.2, 0.25) is 5.96 Å². The lowest BCUT2D eigenvalue weighted by Gasteiger charge is -2.18. The molecule has 0 aromatic carbocycles. The Kier molecular flexibility index (Phi) is 5.16. The van der Waals surface area contributed by atoms with E-state index in [9.17, 15) is 4.79 Å². The molecular formula is C11H20N6O. The number of hydrogen-bond donors (Lipinski definition) is 4. The summed E-state index contributed by atoms with van der Waals surface area (Å²) in [6, 6.07) is -0.755. The van der Waals surface area contributed by atoms with Crippen LogP contribution in [0.2, 0.25) is 0 Å². The summed E-state index contributed by atoms with van der Waals surface area (Å²) < 4.78 is 0. The van der Waals surface area contributed by atoms with Crippen molar-refractivity contribution in [1.29, 1.82) is 5.41 Å². The Balaban J connectivity index is 2.67. The molecule has 0 aliphatic heterocycles. The number of imidazole rings is 1. The highest BCUT2D eigenvalue weighted by Gasteiger charge is 2.15. The fourth-order valence-electron chi connectivity index (χ4n) is 1.65. The number of primary amides is 1. The molecule has 0 saturated carbocycles. The van der Waals surface area contributed by atoms with E-state index in [1.54, 1.807) is 13.4 Å². The van der Waals surface area contributed by atoms with Gasteiger partial charge in [-0.2, -0.15) is 0 Å². The van der Waals surface area contributed by atoms with Gasteiger partial charge in [-0.05, 0) is 12.8 Å². The van der Waals surface area contributed by atoms with Crippen molar-refractivity contribution in [3.05, 3.63) is 12.0 Å². The first-order valence-corrected chi connectivity index (χ1v) is 5.97. The van der Waals surface area contributed by atoms with Crippen molar-refractivity contribution in [3.63, 3.8) is 0 Å². The second-order valence-electron chi connectivity index (χ2n) is 4.06. The van der Waals surface area contributed by atoms with Gasteiger partial charge in [0.05, 0.1) is 12.0 Å². The molecule has 2 amide bonds. The van der Waals surface area contributed by atoms with Crippen molar-refractivity contribution in [2.45, 2.75) is 32.6 Å². The molecule has 0 atom stereocenters. The van der Waals surface area contributed by atoms with Crippen LogP contribution >= 0.6 is 0 Å². The van der Waals surface area contributed by atoms with Crippen LogP contribution in [-0.4, -0.2) is 29.0 Å². The van der Waals surface area contributed by atoms with Crippen molar-refractivity contribution in [1.82, 2.24) is 15.3 Å². The molecule has 5 N–H and O–H groups in total. The molecule has 1 rings (SSSR count). The van der Waals surface area contributed by atoms with E-state index in [1.165, 1.54) is 4.90 Å². The first-order chi connectivity index (χ1) is 8.56. The Morgan fingerprint density at radius 3 is 2.94 bits per heavy atom. The molecule has 0 spiro atoms. The molecule has 0 aliphatic carbocycles. The minimum absolute atomic E-state index is 0.0914. The molecule has 100 valence electrons. The van der Waals surface area contributed by atoms with E-state index in [0.717, 1.165) is 31.4 Å². The number of anilines is 1. The highest BCUT2D eigenvalue weighted by molar-refractivity contribution is 6.02. The maximum absolute atomic E-state index is 10.7. The van der Waals surface area contributed by atoms with Crippen molar-refractivity contribution < 1.29 is 4.79 Å². The minimum Gasteiger partial charge on any atom is -0.351 e. The maximum Gasteiger partial charge on any atom is 0.318 e. The Morgan fingerprint density at radius 2 is 2.33 bits per heavy atom. The fraction of sp³-hybridized carbons (Fsp3) is 0.545. The van der Waals surface area contributed by atoms with E-state index >= 15 is 0 Å². The molecule has 0 aliphatic rings. The van der Waals surface area contributed by atoms with Gasteiger partial charge in [0.25, 0.3) is 0 Å². The lowest BCUT2D eigenvalue weighted by molar-refractivity contribution is 0.253. The van der Waals surface area contributed by atoms with E-state index < -0.39 is 6.03 Å². The number of carbonyl (C=O) groups is 1. The number of carbonyl (C=O) groups excluding carboxylic acids is 1. The molecule has 1 aromatic heterocycles. The molecule has 7 nitrogen and oxygen atoms in total. The zero-order valence-corrected chi connectivity index (χ0v) is 10.8. The summed E-state index contributed by atoms with van der Waals surface area (Å²) in [5.74, 6) is 0.552. The maximum atomic E-state index is 10.7. The Bertz CT molecular complexity index is 413. The zero-order valence-electron chi connectivity index (χ0n) is 10.8. The van der Waals surface area contributed by atoms with Gasteiger partial charge < -0.3 is 10.7 Å². The molecule has 0 saturated heterocycles. The topological polar surface area (TPSA) is 111 Å². The Labute approximate surface area is 106 Å². The molecule has 7 heteroatoms. The monoisotopic (exact) mass is 252 g/mol. The number of guanidine groups is 1. The molecule has 0 radical (unpaired) electrons. The molecular weight excluding hydrogens is 232 g/mol. The Morgan fingerprint density at radius 1 is 1.61 bits per heavy atom. The summed E-state index contributed by atoms with van der Waals surface area (Å²) in [7, 11) is 1.66. The Hall–Kier alpha value is -2.05. The second-order valence-corrected chi connectivity index (χ2v) is 4.06. The number of nitrogens with one attached hydrogen (secondary N) is 3. The number of H-pyrrole nitrogens is 1. The molecule has 1 aromatic rings. The van der Waals surface area contributed by atoms with Gasteiger partial charge in [0, 0.05) is 7.05 Å². The van der Waals surface area contributed by atoms with E-state index in [4.69, 9.17) is 11.1 Å². The summed E-state index contributed by atoms with van der Waals surface area (Å²) in [6.45, 7) is 2.15. The third-order valence-corrected chi connectivity index (χ3v) is 2.62. The zero-order chi connectivity index (χ0) is 13.5. The van der Waals surface area contributed by atoms with E-state index in [2.05, 4.69) is 22.2 Å². The third kappa shape index (κ3) is 3.76. The second kappa shape index (κ2) is 6.63. The lowest BCUT2D eigenvalue weighted by atomic mass is 10.1. The first kappa shape index (κ1) is 14.0. The summed E-state index contributed by atoms with van der Waals surface area (Å²) in [5, 5.41) is 9.89. The predicted molar refractivity (Wildman–Crippen MR) is 70.7 cm³/mol. The number of nitrogens with two attached hydrogens (primary N) is 1. The minimum atomic E-state index is -0.755. The predicted octanol–water partition coefficient (Wildman–Crippen LogP) is 1.18. The number of aromatic amines is 1. The van der Waals surface area contributed by atoms with Crippen LogP contribution in [0.1, 0.15) is 31.9 Å². The summed E-state index contributed by atoms with van der Waals surface area (Å²) in [4.78, 5) is 19.4. The highest BCUT2D eigenvalue weighted by Crippen LogP contribution is 2.16. The average Bonchev–Trinajstić information content (AvgIpc) is 2.75. The number of urea groups is 1. The highest BCUT2D eigenvalue weighted by atomic mass is 16.2. The number of amides is 2. The number of hydrogen-bond acceptors (Lipinski definition) is 3. The van der Waals surface area contributed by atoms with Crippen LogP contribution in [0.5, 0.6) is 0 Å². The SMILES string of the molecule is CCCCCc1[nH]cnc1N(C)C(=N)NC(N)=O. The largest absolute Gasteiger partial charge is 0.351 e. The van der Waals surface area contributed by atoms with Crippen molar-refractivity contribution in [2.75, 3.05) is 11.9 Å². The average molecular weight is 252 g/mol. The fourth-order valence-corrected chi connectivity index (χ4v) is 1.65. The van der Waals surface area contributed by atoms with Crippen molar-refractivity contribution >= 4 is 17.8 Å². The van der Waals surface area contributed by atoms with Crippen molar-refractivity contribution in [3.8, 4) is 0 Å². The molecule has 0 unspecified atom stereocenters. The van der Waals surface area contributed by atoms with Gasteiger partial charge in [-0.15, -0.1) is 0 Å². The van der Waals surface area contributed by atoms with Gasteiger partial charge in [-0.1, -0.05) is 19.8 Å². The van der Waals surface area contributed by atoms with E-state index in [-0.39, 0.29) is 5.96 Å². The summed E-state index contributed by atoms with van der Waals surface area (Å²) in [6.07, 6.45) is 5.83. The van der Waals surface area contributed by atoms with Crippen LogP contribution in [-0.2, 0) is 6.42 Å². The van der Waals surface area contributed by atoms with Crippen LogP contribution in [0.25, 0.3) is 0 Å². The quantitative estimate of drug-likeness (QED) is 0.358. The molecule has 18 heavy (non-hydrogen) atoms. The number of rotatable bonds is 5. The molecule has 0 bridgehead atoms. The first-order valence-electron chi connectivity index (χ1n) is 5.97. The van der Waals surface area contributed by atoms with Gasteiger partial charge in [0.1, 0.15) is 0 Å². The summed E-state index contributed by atoms with van der Waals surface area (Å²) >= 11 is 0. The van der Waals surface area contributed by atoms with Gasteiger partial charge in [-0.25, -0.2) is 9.78 Å². The molecule has 0 fully saturated rings. The van der Waals surface area contributed by atoms with Crippen LogP contribution in [0.3, 0.4) is 0 Å². The van der Waals surface area contributed by atoms with Crippen LogP contribution in [0.15, 0.2) is 6.33 Å². The normalized spacial score (nSPS) is 10.1. The van der Waals surface area contributed by atoms with E-state index in [1.807, 2.05) is 0 Å². The van der Waals surface area contributed by atoms with Crippen molar-refractivity contribution in [2.24, 2.45) is 5.73 Å².